The minimum Gasteiger partial charge on any atom is -0.466 e. The second-order valence-corrected chi connectivity index (χ2v) is 8.14. The van der Waals surface area contributed by atoms with E-state index in [0.29, 0.717) is 38.5 Å². The van der Waals surface area contributed by atoms with Crippen molar-refractivity contribution in [3.05, 3.63) is 47.7 Å². The molecule has 0 aliphatic carbocycles. The van der Waals surface area contributed by atoms with E-state index < -0.39 is 0 Å². The average molecular weight is 410 g/mol. The van der Waals surface area contributed by atoms with Crippen molar-refractivity contribution in [3.8, 4) is 6.07 Å². The molecule has 2 saturated heterocycles. The number of benzene rings is 1. The molecule has 0 saturated carbocycles. The summed E-state index contributed by atoms with van der Waals surface area (Å²) in [5, 5.41) is 9.55. The number of rotatable bonds is 6. The molecule has 6 nitrogen and oxygen atoms in total. The summed E-state index contributed by atoms with van der Waals surface area (Å²) >= 11 is 0. The van der Waals surface area contributed by atoms with Crippen LogP contribution in [-0.2, 0) is 20.7 Å². The van der Waals surface area contributed by atoms with Crippen LogP contribution in [0.2, 0.25) is 0 Å². The Morgan fingerprint density at radius 3 is 2.37 bits per heavy atom. The van der Waals surface area contributed by atoms with Crippen molar-refractivity contribution in [3.63, 3.8) is 0 Å². The van der Waals surface area contributed by atoms with Crippen LogP contribution in [0, 0.1) is 23.2 Å². The van der Waals surface area contributed by atoms with E-state index in [-0.39, 0.29) is 23.4 Å². The maximum Gasteiger partial charge on any atom is 0.309 e. The third-order valence-electron chi connectivity index (χ3n) is 6.08. The van der Waals surface area contributed by atoms with Crippen molar-refractivity contribution in [2.75, 3.05) is 32.8 Å². The monoisotopic (exact) mass is 409 g/mol. The van der Waals surface area contributed by atoms with Gasteiger partial charge >= 0.3 is 5.97 Å². The van der Waals surface area contributed by atoms with Crippen LogP contribution in [-0.4, -0.2) is 54.5 Å². The Morgan fingerprint density at radius 2 is 1.77 bits per heavy atom. The van der Waals surface area contributed by atoms with Gasteiger partial charge in [0.05, 0.1) is 12.5 Å². The van der Waals surface area contributed by atoms with Crippen LogP contribution < -0.4 is 0 Å². The van der Waals surface area contributed by atoms with E-state index in [1.807, 2.05) is 6.07 Å². The number of esters is 1. The summed E-state index contributed by atoms with van der Waals surface area (Å²) < 4.78 is 5.08. The molecule has 0 bridgehead atoms. The van der Waals surface area contributed by atoms with E-state index in [0.717, 1.165) is 32.4 Å². The highest BCUT2D eigenvalue weighted by Crippen LogP contribution is 2.23. The van der Waals surface area contributed by atoms with Crippen LogP contribution >= 0.6 is 0 Å². The second-order valence-electron chi connectivity index (χ2n) is 8.14. The number of ether oxygens (including phenoxy) is 1. The van der Waals surface area contributed by atoms with Crippen molar-refractivity contribution in [2.24, 2.45) is 11.8 Å². The van der Waals surface area contributed by atoms with Crippen molar-refractivity contribution >= 4 is 11.9 Å². The fourth-order valence-corrected chi connectivity index (χ4v) is 4.30. The molecule has 2 aliphatic heterocycles. The van der Waals surface area contributed by atoms with Crippen molar-refractivity contribution in [2.45, 2.75) is 39.0 Å². The smallest absolute Gasteiger partial charge is 0.309 e. The Balaban J connectivity index is 1.49. The molecule has 0 unspecified atom stereocenters. The minimum atomic E-state index is -0.230. The maximum absolute atomic E-state index is 12.8. The molecule has 2 aliphatic rings. The number of likely N-dealkylation sites (tertiary alicyclic amines) is 2. The highest BCUT2D eigenvalue weighted by Gasteiger charge is 2.30. The quantitative estimate of drug-likeness (QED) is 0.410. The third kappa shape index (κ3) is 5.85. The molecule has 30 heavy (non-hydrogen) atoms. The lowest BCUT2D eigenvalue weighted by molar-refractivity contribution is -0.150. The van der Waals surface area contributed by atoms with Gasteiger partial charge in [-0.3, -0.25) is 9.59 Å². The summed E-state index contributed by atoms with van der Waals surface area (Å²) in [6, 6.07) is 12.6. The molecule has 1 aromatic rings. The Morgan fingerprint density at radius 1 is 1.10 bits per heavy atom. The zero-order valence-electron chi connectivity index (χ0n) is 17.8. The third-order valence-corrected chi connectivity index (χ3v) is 6.08. The fraction of sp³-hybridized carbons (Fsp3) is 0.542. The predicted molar refractivity (Wildman–Crippen MR) is 114 cm³/mol. The van der Waals surface area contributed by atoms with Crippen LogP contribution in [0.15, 0.2) is 42.1 Å². The van der Waals surface area contributed by atoms with E-state index in [4.69, 9.17) is 4.74 Å². The molecular weight excluding hydrogens is 378 g/mol. The Labute approximate surface area is 179 Å². The maximum atomic E-state index is 12.8. The van der Waals surface area contributed by atoms with E-state index in [2.05, 4.69) is 35.2 Å². The van der Waals surface area contributed by atoms with Crippen LogP contribution in [0.4, 0.5) is 0 Å². The zero-order valence-corrected chi connectivity index (χ0v) is 17.8. The molecule has 0 N–H and O–H groups in total. The van der Waals surface area contributed by atoms with Gasteiger partial charge in [-0.2, -0.15) is 5.26 Å². The van der Waals surface area contributed by atoms with Gasteiger partial charge in [-0.05, 0) is 50.5 Å². The lowest BCUT2D eigenvalue weighted by atomic mass is 9.90. The van der Waals surface area contributed by atoms with Crippen molar-refractivity contribution in [1.82, 2.24) is 9.80 Å². The Bertz CT molecular complexity index is 784. The molecule has 2 heterocycles. The van der Waals surface area contributed by atoms with Crippen molar-refractivity contribution < 1.29 is 14.3 Å². The average Bonchev–Trinajstić information content (AvgIpc) is 2.79. The molecule has 0 atom stereocenters. The number of amides is 1. The number of carbonyl (C=O) groups is 2. The summed E-state index contributed by atoms with van der Waals surface area (Å²) in [6.45, 7) is 4.87. The van der Waals surface area contributed by atoms with Gasteiger partial charge in [0.1, 0.15) is 11.6 Å². The molecule has 1 amide bonds. The molecule has 0 aromatic heterocycles. The normalized spacial score (nSPS) is 18.7. The minimum absolute atomic E-state index is 0.146. The molecule has 1 aromatic carbocycles. The number of hydrogen-bond donors (Lipinski definition) is 0. The number of piperidine rings is 2. The Kier molecular flexibility index (Phi) is 7.89. The molecule has 6 heteroatoms. The standard InChI is InChI=1S/C24H31N3O3/c1-2-30-24(29)21-10-14-27(15-11-21)23(28)22(17-25)18-26-12-8-20(9-13-26)16-19-6-4-3-5-7-19/h3-7,18,20-21H,2,8-16H2,1H3/b22-18-. The van der Waals surface area contributed by atoms with Crippen LogP contribution in [0.25, 0.3) is 0 Å². The highest BCUT2D eigenvalue weighted by molar-refractivity contribution is 5.97. The SMILES string of the molecule is CCOC(=O)C1CCN(C(=O)/C(C#N)=C\N2CCC(Cc3ccccc3)CC2)CC1. The predicted octanol–water partition coefficient (Wildman–Crippen LogP) is 3.15. The lowest BCUT2D eigenvalue weighted by Crippen LogP contribution is -2.41. The number of nitriles is 1. The van der Waals surface area contributed by atoms with Crippen LogP contribution in [0.5, 0.6) is 0 Å². The van der Waals surface area contributed by atoms with Crippen LogP contribution in [0.3, 0.4) is 0 Å². The molecule has 0 radical (unpaired) electrons. The molecule has 160 valence electrons. The summed E-state index contributed by atoms with van der Waals surface area (Å²) in [4.78, 5) is 28.5. The molecule has 0 spiro atoms. The van der Waals surface area contributed by atoms with Crippen LogP contribution in [0.1, 0.15) is 38.2 Å². The number of carbonyl (C=O) groups excluding carboxylic acids is 2. The van der Waals surface area contributed by atoms with Gasteiger partial charge < -0.3 is 14.5 Å². The molecule has 3 rings (SSSR count). The van der Waals surface area contributed by atoms with Gasteiger partial charge in [-0.1, -0.05) is 30.3 Å². The van der Waals surface area contributed by atoms with Gasteiger partial charge in [0.2, 0.25) is 0 Å². The summed E-state index contributed by atoms with van der Waals surface area (Å²) in [5.74, 6) is 0.0811. The summed E-state index contributed by atoms with van der Waals surface area (Å²) in [7, 11) is 0. The largest absolute Gasteiger partial charge is 0.466 e. The van der Waals surface area contributed by atoms with Gasteiger partial charge in [0, 0.05) is 32.4 Å². The second kappa shape index (κ2) is 10.8. The van der Waals surface area contributed by atoms with Crippen molar-refractivity contribution in [1.29, 1.82) is 5.26 Å². The Hall–Kier alpha value is -2.81. The van der Waals surface area contributed by atoms with Gasteiger partial charge in [0.15, 0.2) is 0 Å². The van der Waals surface area contributed by atoms with E-state index in [1.165, 1.54) is 5.56 Å². The van der Waals surface area contributed by atoms with Gasteiger partial charge in [-0.25, -0.2) is 0 Å². The number of hydrogen-bond acceptors (Lipinski definition) is 5. The highest BCUT2D eigenvalue weighted by atomic mass is 16.5. The first kappa shape index (κ1) is 21.9. The topological polar surface area (TPSA) is 73.6 Å². The summed E-state index contributed by atoms with van der Waals surface area (Å²) in [5.41, 5.74) is 1.55. The number of nitrogens with zero attached hydrogens (tertiary/aromatic N) is 3. The van der Waals surface area contributed by atoms with E-state index in [9.17, 15) is 14.9 Å². The molecule has 2 fully saturated rings. The molecular formula is C24H31N3O3. The van der Waals surface area contributed by atoms with E-state index in [1.54, 1.807) is 18.0 Å². The zero-order chi connectivity index (χ0) is 21.3. The van der Waals surface area contributed by atoms with Gasteiger partial charge in [-0.15, -0.1) is 0 Å². The first-order valence-corrected chi connectivity index (χ1v) is 11.0. The lowest BCUT2D eigenvalue weighted by Gasteiger charge is -2.33. The van der Waals surface area contributed by atoms with E-state index >= 15 is 0 Å². The first-order valence-electron chi connectivity index (χ1n) is 11.0. The van der Waals surface area contributed by atoms with Gasteiger partial charge in [0.25, 0.3) is 5.91 Å². The first-order chi connectivity index (χ1) is 14.6. The summed E-state index contributed by atoms with van der Waals surface area (Å²) in [6.07, 6.45) is 6.12. The fourth-order valence-electron chi connectivity index (χ4n) is 4.30.